The molecule has 1 unspecified atom stereocenters. The first kappa shape index (κ1) is 32.1. The Hall–Kier alpha value is -4.49. The first-order chi connectivity index (χ1) is 22.8. The fourth-order valence-corrected chi connectivity index (χ4v) is 8.85. The van der Waals surface area contributed by atoms with E-state index < -0.39 is 23.8 Å². The summed E-state index contributed by atoms with van der Waals surface area (Å²) in [7, 11) is 0. The standard InChI is InChI=1S/C38H43N5O5/c1-37(2)22-38(3,4)36(37)40-32(45)25-9-7-23(8-10-25)5-6-24-20-42(21-24)26-15-17-41(18-16-26)27-11-12-28-29(19-27)35(48)43(34(28)47)30-13-14-31(44)39-33(30)46/h7-12,19,24,26,30,36H,13-18,20-22H2,1-4H3,(H,40,45)(H,39,44,46). The predicted octanol–water partition coefficient (Wildman–Crippen LogP) is 3.59. The number of hydrogen-bond acceptors (Lipinski definition) is 7. The zero-order chi connectivity index (χ0) is 34.0. The van der Waals surface area contributed by atoms with Crippen LogP contribution in [-0.2, 0) is 9.59 Å². The lowest BCUT2D eigenvalue weighted by Crippen LogP contribution is -2.63. The van der Waals surface area contributed by atoms with E-state index in [9.17, 15) is 24.0 Å². The molecule has 1 aliphatic carbocycles. The lowest BCUT2D eigenvalue weighted by atomic mass is 9.52. The summed E-state index contributed by atoms with van der Waals surface area (Å²) < 4.78 is 0. The zero-order valence-corrected chi connectivity index (χ0v) is 28.1. The molecule has 0 radical (unpaired) electrons. The molecule has 2 N–H and O–H groups in total. The van der Waals surface area contributed by atoms with Crippen LogP contribution >= 0.6 is 0 Å². The summed E-state index contributed by atoms with van der Waals surface area (Å²) in [6.45, 7) is 12.4. The maximum Gasteiger partial charge on any atom is 0.262 e. The van der Waals surface area contributed by atoms with E-state index in [0.717, 1.165) is 61.6 Å². The number of amides is 5. The minimum absolute atomic E-state index is 0.0303. The van der Waals surface area contributed by atoms with Crippen molar-refractivity contribution < 1.29 is 24.0 Å². The molecule has 7 rings (SSSR count). The van der Waals surface area contributed by atoms with Crippen LogP contribution in [0.15, 0.2) is 42.5 Å². The van der Waals surface area contributed by atoms with Crippen molar-refractivity contribution in [1.82, 2.24) is 20.4 Å². The third-order valence-corrected chi connectivity index (χ3v) is 11.0. The Morgan fingerprint density at radius 2 is 1.54 bits per heavy atom. The number of likely N-dealkylation sites (tertiary alicyclic amines) is 1. The van der Waals surface area contributed by atoms with Crippen molar-refractivity contribution in [2.24, 2.45) is 16.7 Å². The third kappa shape index (κ3) is 5.79. The summed E-state index contributed by atoms with van der Waals surface area (Å²) in [5, 5.41) is 5.48. The first-order valence-corrected chi connectivity index (χ1v) is 17.1. The smallest absolute Gasteiger partial charge is 0.262 e. The molecule has 5 amide bonds. The largest absolute Gasteiger partial charge is 0.371 e. The number of carbonyl (C=O) groups excluding carboxylic acids is 5. The number of carbonyl (C=O) groups is 5. The van der Waals surface area contributed by atoms with E-state index in [1.165, 1.54) is 0 Å². The normalized spacial score (nSPS) is 24.3. The fraction of sp³-hybridized carbons (Fsp3) is 0.500. The number of hydrogen-bond donors (Lipinski definition) is 2. The van der Waals surface area contributed by atoms with Crippen molar-refractivity contribution in [3.8, 4) is 11.8 Å². The highest BCUT2D eigenvalue weighted by Crippen LogP contribution is 2.53. The molecule has 4 fully saturated rings. The molecule has 2 aromatic rings. The van der Waals surface area contributed by atoms with Crippen LogP contribution in [0, 0.1) is 28.6 Å². The maximum atomic E-state index is 13.2. The van der Waals surface area contributed by atoms with E-state index in [4.69, 9.17) is 0 Å². The number of imide groups is 2. The first-order valence-electron chi connectivity index (χ1n) is 17.1. The fourth-order valence-electron chi connectivity index (χ4n) is 8.85. The Morgan fingerprint density at radius 3 is 2.19 bits per heavy atom. The second-order valence-electron chi connectivity index (χ2n) is 15.5. The second-order valence-corrected chi connectivity index (χ2v) is 15.5. The van der Waals surface area contributed by atoms with Gasteiger partial charge in [-0.05, 0) is 79.0 Å². The summed E-state index contributed by atoms with van der Waals surface area (Å²) in [5.41, 5.74) is 3.30. The zero-order valence-electron chi connectivity index (χ0n) is 28.1. The molecule has 4 aliphatic heterocycles. The molecule has 0 aromatic heterocycles. The molecular formula is C38H43N5O5. The van der Waals surface area contributed by atoms with Gasteiger partial charge in [-0.25, -0.2) is 0 Å². The van der Waals surface area contributed by atoms with E-state index in [-0.39, 0.29) is 41.5 Å². The van der Waals surface area contributed by atoms with Gasteiger partial charge in [-0.3, -0.25) is 39.1 Å². The Balaban J connectivity index is 0.886. The average Bonchev–Trinajstić information content (AvgIpc) is 3.27. The molecule has 1 saturated carbocycles. The molecule has 10 heteroatoms. The highest BCUT2D eigenvalue weighted by Gasteiger charge is 2.53. The Kier molecular flexibility index (Phi) is 7.94. The molecule has 1 atom stereocenters. The van der Waals surface area contributed by atoms with Gasteiger partial charge < -0.3 is 10.2 Å². The van der Waals surface area contributed by atoms with Crippen LogP contribution in [0.25, 0.3) is 0 Å². The monoisotopic (exact) mass is 649 g/mol. The number of anilines is 1. The highest BCUT2D eigenvalue weighted by atomic mass is 16.2. The number of nitrogens with one attached hydrogen (secondary N) is 2. The second kappa shape index (κ2) is 11.9. The van der Waals surface area contributed by atoms with Gasteiger partial charge >= 0.3 is 0 Å². The Morgan fingerprint density at radius 1 is 0.875 bits per heavy atom. The van der Waals surface area contributed by atoms with Crippen molar-refractivity contribution in [2.45, 2.75) is 77.9 Å². The van der Waals surface area contributed by atoms with Crippen LogP contribution in [0.3, 0.4) is 0 Å². The van der Waals surface area contributed by atoms with Crippen molar-refractivity contribution in [3.05, 3.63) is 64.7 Å². The summed E-state index contributed by atoms with van der Waals surface area (Å²) in [4.78, 5) is 68.9. The van der Waals surface area contributed by atoms with Crippen LogP contribution in [0.5, 0.6) is 0 Å². The molecule has 48 heavy (non-hydrogen) atoms. The lowest BCUT2D eigenvalue weighted by molar-refractivity contribution is -0.136. The third-order valence-electron chi connectivity index (χ3n) is 11.0. The summed E-state index contributed by atoms with van der Waals surface area (Å²) >= 11 is 0. The van der Waals surface area contributed by atoms with Gasteiger partial charge in [0.25, 0.3) is 17.7 Å². The minimum Gasteiger partial charge on any atom is -0.371 e. The Bertz CT molecular complexity index is 1740. The van der Waals surface area contributed by atoms with Gasteiger partial charge in [0, 0.05) is 67.4 Å². The highest BCUT2D eigenvalue weighted by molar-refractivity contribution is 6.23. The van der Waals surface area contributed by atoms with Gasteiger partial charge in [-0.1, -0.05) is 39.5 Å². The van der Waals surface area contributed by atoms with Gasteiger partial charge in [0.05, 0.1) is 11.1 Å². The number of piperidine rings is 2. The van der Waals surface area contributed by atoms with Crippen molar-refractivity contribution in [3.63, 3.8) is 0 Å². The lowest BCUT2D eigenvalue weighted by Gasteiger charge is -2.57. The molecule has 0 bridgehead atoms. The van der Waals surface area contributed by atoms with Crippen molar-refractivity contribution in [2.75, 3.05) is 31.1 Å². The molecule has 5 aliphatic rings. The SMILES string of the molecule is CC1(C)CC(C)(C)C1NC(=O)c1ccc(C#CC2CN(C3CCN(c4ccc5c(c4)C(=O)N(C4CCC(=O)NC4=O)C5=O)CC3)C2)cc1. The maximum absolute atomic E-state index is 13.2. The van der Waals surface area contributed by atoms with Gasteiger partial charge in [-0.15, -0.1) is 0 Å². The van der Waals surface area contributed by atoms with Gasteiger partial charge in [0.15, 0.2) is 0 Å². The average molecular weight is 650 g/mol. The quantitative estimate of drug-likeness (QED) is 0.376. The summed E-state index contributed by atoms with van der Waals surface area (Å²) in [5.74, 6) is 5.05. The van der Waals surface area contributed by atoms with Gasteiger partial charge in [0.2, 0.25) is 11.8 Å². The van der Waals surface area contributed by atoms with E-state index in [0.29, 0.717) is 28.7 Å². The molecule has 0 spiro atoms. The van der Waals surface area contributed by atoms with Crippen LogP contribution in [0.4, 0.5) is 5.69 Å². The van der Waals surface area contributed by atoms with Crippen LogP contribution in [0.2, 0.25) is 0 Å². The molecule has 10 nitrogen and oxygen atoms in total. The summed E-state index contributed by atoms with van der Waals surface area (Å²) in [6, 6.07) is 12.6. The van der Waals surface area contributed by atoms with Crippen LogP contribution in [0.1, 0.15) is 96.4 Å². The Labute approximate surface area is 281 Å². The molecule has 250 valence electrons. The number of fused-ring (bicyclic) bond motifs is 1. The number of rotatable bonds is 5. The molecule has 2 aromatic carbocycles. The van der Waals surface area contributed by atoms with Gasteiger partial charge in [-0.2, -0.15) is 0 Å². The van der Waals surface area contributed by atoms with E-state index >= 15 is 0 Å². The molecule has 4 heterocycles. The minimum atomic E-state index is -0.963. The van der Waals surface area contributed by atoms with E-state index in [1.54, 1.807) is 12.1 Å². The summed E-state index contributed by atoms with van der Waals surface area (Å²) in [6.07, 6.45) is 3.32. The van der Waals surface area contributed by atoms with Crippen LogP contribution in [-0.4, -0.2) is 83.6 Å². The van der Waals surface area contributed by atoms with Gasteiger partial charge in [0.1, 0.15) is 6.04 Å². The van der Waals surface area contributed by atoms with E-state index in [1.807, 2.05) is 30.3 Å². The number of nitrogens with zero attached hydrogens (tertiary/aromatic N) is 3. The van der Waals surface area contributed by atoms with Crippen molar-refractivity contribution in [1.29, 1.82) is 0 Å². The van der Waals surface area contributed by atoms with E-state index in [2.05, 4.69) is 60.0 Å². The predicted molar refractivity (Wildman–Crippen MR) is 180 cm³/mol. The topological polar surface area (TPSA) is 119 Å². The number of benzene rings is 2. The van der Waals surface area contributed by atoms with Crippen molar-refractivity contribution >= 4 is 35.2 Å². The molecular weight excluding hydrogens is 606 g/mol. The van der Waals surface area contributed by atoms with Crippen LogP contribution < -0.4 is 15.5 Å². The molecule has 3 saturated heterocycles.